The van der Waals surface area contributed by atoms with Crippen LogP contribution in [0.4, 0.5) is 0 Å². The lowest BCUT2D eigenvalue weighted by atomic mass is 10.1. The summed E-state index contributed by atoms with van der Waals surface area (Å²) in [6, 6.07) is 21.6. The van der Waals surface area contributed by atoms with Gasteiger partial charge < -0.3 is 4.42 Å². The molecule has 0 atom stereocenters. The molecule has 5 heteroatoms. The minimum atomic E-state index is 0.551. The summed E-state index contributed by atoms with van der Waals surface area (Å²) in [5, 5.41) is 4.64. The Kier molecular flexibility index (Phi) is 2.72. The first-order valence-corrected chi connectivity index (χ1v) is 7.65. The molecule has 3 heterocycles. The summed E-state index contributed by atoms with van der Waals surface area (Å²) < 4.78 is 7.28. The Bertz CT molecular complexity index is 1140. The monoisotopic (exact) mass is 312 g/mol. The van der Waals surface area contributed by atoms with Crippen LogP contribution in [-0.2, 0) is 0 Å². The quantitative estimate of drug-likeness (QED) is 0.490. The Morgan fingerprint density at radius 2 is 1.62 bits per heavy atom. The standard InChI is InChI=1S/C19H12N4O/c1-2-7-13(8-3-1)17-19-21-18(16-11-6-12-24-16)22-23(19)15-10-5-4-9-14(15)20-17/h1-12H. The van der Waals surface area contributed by atoms with Gasteiger partial charge in [0.05, 0.1) is 17.3 Å². The van der Waals surface area contributed by atoms with Crippen LogP contribution in [0, 0.1) is 0 Å². The number of para-hydroxylation sites is 2. The highest BCUT2D eigenvalue weighted by Crippen LogP contribution is 2.27. The second kappa shape index (κ2) is 5.03. The summed E-state index contributed by atoms with van der Waals surface area (Å²) in [6.45, 7) is 0. The van der Waals surface area contributed by atoms with Gasteiger partial charge in [0.1, 0.15) is 5.69 Å². The van der Waals surface area contributed by atoms with Crippen molar-refractivity contribution >= 4 is 16.7 Å². The van der Waals surface area contributed by atoms with Gasteiger partial charge in [0.25, 0.3) is 0 Å². The number of nitrogens with zero attached hydrogens (tertiary/aromatic N) is 4. The van der Waals surface area contributed by atoms with E-state index >= 15 is 0 Å². The fraction of sp³-hybridized carbons (Fsp3) is 0. The first-order chi connectivity index (χ1) is 11.9. The van der Waals surface area contributed by atoms with Crippen LogP contribution in [0.25, 0.3) is 39.5 Å². The largest absolute Gasteiger partial charge is 0.461 e. The van der Waals surface area contributed by atoms with E-state index in [2.05, 4.69) is 10.1 Å². The van der Waals surface area contributed by atoms with Crippen molar-refractivity contribution < 1.29 is 4.42 Å². The van der Waals surface area contributed by atoms with Crippen molar-refractivity contribution in [2.75, 3.05) is 0 Å². The zero-order valence-corrected chi connectivity index (χ0v) is 12.6. The molecule has 0 aliphatic rings. The van der Waals surface area contributed by atoms with E-state index in [1.165, 1.54) is 0 Å². The number of furan rings is 1. The van der Waals surface area contributed by atoms with Crippen LogP contribution in [-0.4, -0.2) is 19.6 Å². The summed E-state index contributed by atoms with van der Waals surface area (Å²) >= 11 is 0. The smallest absolute Gasteiger partial charge is 0.217 e. The zero-order chi connectivity index (χ0) is 15.9. The molecule has 0 bridgehead atoms. The third kappa shape index (κ3) is 1.91. The Labute approximate surface area is 137 Å². The van der Waals surface area contributed by atoms with Gasteiger partial charge in [-0.3, -0.25) is 0 Å². The average molecular weight is 312 g/mol. The van der Waals surface area contributed by atoms with Crippen LogP contribution in [0.3, 0.4) is 0 Å². The molecule has 0 saturated heterocycles. The van der Waals surface area contributed by atoms with Crippen molar-refractivity contribution in [2.24, 2.45) is 0 Å². The molecule has 5 rings (SSSR count). The predicted octanol–water partition coefficient (Wildman–Crippen LogP) is 4.20. The molecular formula is C19H12N4O. The second-order valence-corrected chi connectivity index (χ2v) is 5.46. The Morgan fingerprint density at radius 3 is 2.46 bits per heavy atom. The molecule has 0 fully saturated rings. The molecule has 0 unspecified atom stereocenters. The van der Waals surface area contributed by atoms with Gasteiger partial charge in [-0.05, 0) is 24.3 Å². The molecule has 114 valence electrons. The molecule has 0 N–H and O–H groups in total. The van der Waals surface area contributed by atoms with Crippen molar-refractivity contribution in [3.05, 3.63) is 73.0 Å². The summed E-state index contributed by atoms with van der Waals surface area (Å²) in [7, 11) is 0. The number of aromatic nitrogens is 4. The first-order valence-electron chi connectivity index (χ1n) is 7.65. The molecule has 0 saturated carbocycles. The number of benzene rings is 2. The number of rotatable bonds is 2. The molecule has 3 aromatic heterocycles. The Balaban J connectivity index is 1.90. The summed E-state index contributed by atoms with van der Waals surface area (Å²) in [4.78, 5) is 9.49. The maximum atomic E-state index is 5.45. The van der Waals surface area contributed by atoms with Crippen molar-refractivity contribution in [1.82, 2.24) is 19.6 Å². The lowest BCUT2D eigenvalue weighted by Crippen LogP contribution is -1.97. The van der Waals surface area contributed by atoms with Gasteiger partial charge >= 0.3 is 0 Å². The lowest BCUT2D eigenvalue weighted by molar-refractivity contribution is 0.577. The van der Waals surface area contributed by atoms with E-state index in [0.717, 1.165) is 22.3 Å². The fourth-order valence-corrected chi connectivity index (χ4v) is 2.84. The molecule has 24 heavy (non-hydrogen) atoms. The maximum absolute atomic E-state index is 5.45. The van der Waals surface area contributed by atoms with E-state index in [1.54, 1.807) is 6.26 Å². The van der Waals surface area contributed by atoms with Crippen LogP contribution in [0.15, 0.2) is 77.4 Å². The zero-order valence-electron chi connectivity index (χ0n) is 12.6. The van der Waals surface area contributed by atoms with E-state index in [4.69, 9.17) is 9.40 Å². The van der Waals surface area contributed by atoms with Crippen molar-refractivity contribution in [1.29, 1.82) is 0 Å². The van der Waals surface area contributed by atoms with E-state index in [0.29, 0.717) is 17.2 Å². The van der Waals surface area contributed by atoms with Gasteiger partial charge in [-0.1, -0.05) is 42.5 Å². The highest BCUT2D eigenvalue weighted by atomic mass is 16.3. The van der Waals surface area contributed by atoms with Gasteiger partial charge in [0.15, 0.2) is 11.4 Å². The Hall–Kier alpha value is -3.47. The number of hydrogen-bond acceptors (Lipinski definition) is 4. The number of hydrogen-bond donors (Lipinski definition) is 0. The van der Waals surface area contributed by atoms with Crippen molar-refractivity contribution in [2.45, 2.75) is 0 Å². The minimum Gasteiger partial charge on any atom is -0.461 e. The predicted molar refractivity (Wildman–Crippen MR) is 91.4 cm³/mol. The summed E-state index contributed by atoms with van der Waals surface area (Å²) in [5.41, 5.74) is 4.31. The van der Waals surface area contributed by atoms with E-state index in [-0.39, 0.29) is 0 Å². The van der Waals surface area contributed by atoms with Gasteiger partial charge in [-0.25, -0.2) is 14.5 Å². The molecule has 5 nitrogen and oxygen atoms in total. The van der Waals surface area contributed by atoms with Crippen LogP contribution >= 0.6 is 0 Å². The highest BCUT2D eigenvalue weighted by Gasteiger charge is 2.16. The van der Waals surface area contributed by atoms with Gasteiger partial charge in [-0.2, -0.15) is 0 Å². The molecule has 5 aromatic rings. The molecule has 0 amide bonds. The number of fused-ring (bicyclic) bond motifs is 3. The molecule has 2 aromatic carbocycles. The van der Waals surface area contributed by atoms with E-state index < -0.39 is 0 Å². The van der Waals surface area contributed by atoms with Crippen LogP contribution < -0.4 is 0 Å². The second-order valence-electron chi connectivity index (χ2n) is 5.46. The highest BCUT2D eigenvalue weighted by molar-refractivity contribution is 5.85. The normalized spacial score (nSPS) is 11.3. The fourth-order valence-electron chi connectivity index (χ4n) is 2.84. The molecular weight excluding hydrogens is 300 g/mol. The van der Waals surface area contributed by atoms with Gasteiger partial charge in [-0.15, -0.1) is 5.10 Å². The topological polar surface area (TPSA) is 56.2 Å². The molecule has 0 aliphatic carbocycles. The average Bonchev–Trinajstić information content (AvgIpc) is 3.31. The van der Waals surface area contributed by atoms with E-state index in [1.807, 2.05) is 71.2 Å². The Morgan fingerprint density at radius 1 is 0.792 bits per heavy atom. The van der Waals surface area contributed by atoms with E-state index in [9.17, 15) is 0 Å². The lowest BCUT2D eigenvalue weighted by Gasteiger charge is -2.05. The van der Waals surface area contributed by atoms with Crippen LogP contribution in [0.1, 0.15) is 0 Å². The molecule has 0 radical (unpaired) electrons. The van der Waals surface area contributed by atoms with Crippen molar-refractivity contribution in [3.63, 3.8) is 0 Å². The van der Waals surface area contributed by atoms with Crippen molar-refractivity contribution in [3.8, 4) is 22.8 Å². The SMILES string of the molecule is c1ccc(-c2nc3ccccc3n3nc(-c4ccco4)nc23)cc1. The van der Waals surface area contributed by atoms with Gasteiger partial charge in [0, 0.05) is 5.56 Å². The first kappa shape index (κ1) is 13.0. The summed E-state index contributed by atoms with van der Waals surface area (Å²) in [5.74, 6) is 1.19. The van der Waals surface area contributed by atoms with Crippen LogP contribution in [0.5, 0.6) is 0 Å². The molecule has 0 aliphatic heterocycles. The molecule has 0 spiro atoms. The van der Waals surface area contributed by atoms with Crippen LogP contribution in [0.2, 0.25) is 0 Å². The summed E-state index contributed by atoms with van der Waals surface area (Å²) in [6.07, 6.45) is 1.62. The maximum Gasteiger partial charge on any atom is 0.217 e. The third-order valence-corrected chi connectivity index (χ3v) is 3.95. The third-order valence-electron chi connectivity index (χ3n) is 3.95. The minimum absolute atomic E-state index is 0.551. The van der Waals surface area contributed by atoms with Gasteiger partial charge in [0.2, 0.25) is 5.82 Å².